The highest BCUT2D eigenvalue weighted by Crippen LogP contribution is 2.30. The van der Waals surface area contributed by atoms with Crippen molar-refractivity contribution in [3.8, 4) is 0 Å². The Morgan fingerprint density at radius 2 is 1.55 bits per heavy atom. The molecule has 0 spiro atoms. The van der Waals surface area contributed by atoms with Crippen molar-refractivity contribution in [3.63, 3.8) is 0 Å². The molecule has 0 atom stereocenters. The SMILES string of the molecule is Cc1ccc(N(C)c2cc(C)ccc2C(N)=S)c(C)c1. The van der Waals surface area contributed by atoms with E-state index in [1.54, 1.807) is 0 Å². The fourth-order valence-electron chi connectivity index (χ4n) is 2.44. The summed E-state index contributed by atoms with van der Waals surface area (Å²) < 4.78 is 0. The van der Waals surface area contributed by atoms with Gasteiger partial charge in [0.15, 0.2) is 0 Å². The van der Waals surface area contributed by atoms with Crippen LogP contribution in [0.5, 0.6) is 0 Å². The lowest BCUT2D eigenvalue weighted by Gasteiger charge is -2.25. The van der Waals surface area contributed by atoms with Crippen molar-refractivity contribution in [3.05, 3.63) is 58.7 Å². The van der Waals surface area contributed by atoms with Gasteiger partial charge in [-0.15, -0.1) is 0 Å². The van der Waals surface area contributed by atoms with E-state index < -0.39 is 0 Å². The molecule has 2 N–H and O–H groups in total. The van der Waals surface area contributed by atoms with Crippen molar-refractivity contribution in [1.29, 1.82) is 0 Å². The van der Waals surface area contributed by atoms with Crippen molar-refractivity contribution in [2.24, 2.45) is 5.73 Å². The van der Waals surface area contributed by atoms with Crippen molar-refractivity contribution in [2.45, 2.75) is 20.8 Å². The van der Waals surface area contributed by atoms with Gasteiger partial charge in [0, 0.05) is 18.3 Å². The third-order valence-corrected chi connectivity index (χ3v) is 3.71. The summed E-state index contributed by atoms with van der Waals surface area (Å²) in [5.74, 6) is 0. The summed E-state index contributed by atoms with van der Waals surface area (Å²) in [4.78, 5) is 2.58. The average Bonchev–Trinajstić information content (AvgIpc) is 2.37. The lowest BCUT2D eigenvalue weighted by Crippen LogP contribution is -2.18. The summed E-state index contributed by atoms with van der Waals surface area (Å²) in [5, 5.41) is 0. The summed E-state index contributed by atoms with van der Waals surface area (Å²) in [7, 11) is 2.05. The summed E-state index contributed by atoms with van der Waals surface area (Å²) in [6, 6.07) is 12.6. The standard InChI is InChI=1S/C17H20N2S/c1-11-6-8-15(13(3)9-11)19(4)16-10-12(2)5-7-14(16)17(18)20/h5-10H,1-4H3,(H2,18,20). The number of nitrogens with zero attached hydrogens (tertiary/aromatic N) is 1. The Bertz CT molecular complexity index is 662. The van der Waals surface area contributed by atoms with Gasteiger partial charge in [-0.25, -0.2) is 0 Å². The van der Waals surface area contributed by atoms with Gasteiger partial charge in [-0.3, -0.25) is 0 Å². The van der Waals surface area contributed by atoms with Gasteiger partial charge in [0.1, 0.15) is 4.99 Å². The number of rotatable bonds is 3. The van der Waals surface area contributed by atoms with Crippen LogP contribution in [-0.4, -0.2) is 12.0 Å². The molecular formula is C17H20N2S. The monoisotopic (exact) mass is 284 g/mol. The van der Waals surface area contributed by atoms with E-state index in [1.807, 2.05) is 19.2 Å². The second-order valence-electron chi connectivity index (χ2n) is 5.23. The highest BCUT2D eigenvalue weighted by atomic mass is 32.1. The van der Waals surface area contributed by atoms with E-state index in [1.165, 1.54) is 22.4 Å². The minimum atomic E-state index is 0.427. The number of hydrogen-bond acceptors (Lipinski definition) is 2. The molecule has 104 valence electrons. The zero-order valence-corrected chi connectivity index (χ0v) is 13.2. The zero-order chi connectivity index (χ0) is 14.9. The largest absolute Gasteiger partial charge is 0.389 e. The highest BCUT2D eigenvalue weighted by Gasteiger charge is 2.13. The third-order valence-electron chi connectivity index (χ3n) is 3.49. The number of benzene rings is 2. The topological polar surface area (TPSA) is 29.3 Å². The van der Waals surface area contributed by atoms with Crippen LogP contribution in [0.1, 0.15) is 22.3 Å². The fourth-order valence-corrected chi connectivity index (χ4v) is 2.61. The molecule has 0 aliphatic carbocycles. The van der Waals surface area contributed by atoms with Crippen molar-refractivity contribution >= 4 is 28.6 Å². The predicted molar refractivity (Wildman–Crippen MR) is 91.0 cm³/mol. The van der Waals surface area contributed by atoms with Crippen LogP contribution in [0.15, 0.2) is 36.4 Å². The molecular weight excluding hydrogens is 264 g/mol. The predicted octanol–water partition coefficient (Wildman–Crippen LogP) is 4.01. The molecule has 0 aliphatic heterocycles. The van der Waals surface area contributed by atoms with Crippen LogP contribution in [0, 0.1) is 20.8 Å². The lowest BCUT2D eigenvalue weighted by atomic mass is 10.1. The highest BCUT2D eigenvalue weighted by molar-refractivity contribution is 7.80. The minimum Gasteiger partial charge on any atom is -0.389 e. The Morgan fingerprint density at radius 3 is 2.15 bits per heavy atom. The van der Waals surface area contributed by atoms with E-state index in [9.17, 15) is 0 Å². The molecule has 20 heavy (non-hydrogen) atoms. The Labute approximate surface area is 126 Å². The van der Waals surface area contributed by atoms with Crippen molar-refractivity contribution < 1.29 is 0 Å². The van der Waals surface area contributed by atoms with Crippen LogP contribution in [0.4, 0.5) is 11.4 Å². The first-order valence-electron chi connectivity index (χ1n) is 6.61. The molecule has 2 nitrogen and oxygen atoms in total. The third kappa shape index (κ3) is 2.83. The van der Waals surface area contributed by atoms with Crippen molar-refractivity contribution in [2.75, 3.05) is 11.9 Å². The molecule has 0 unspecified atom stereocenters. The summed E-state index contributed by atoms with van der Waals surface area (Å²) in [6.45, 7) is 6.29. The van der Waals surface area contributed by atoms with Crippen LogP contribution in [0.2, 0.25) is 0 Å². The molecule has 2 rings (SSSR count). The quantitative estimate of drug-likeness (QED) is 0.863. The molecule has 0 saturated heterocycles. The number of aryl methyl sites for hydroxylation is 3. The van der Waals surface area contributed by atoms with Crippen LogP contribution < -0.4 is 10.6 Å². The van der Waals surface area contributed by atoms with Crippen LogP contribution in [0.25, 0.3) is 0 Å². The van der Waals surface area contributed by atoms with Gasteiger partial charge in [-0.05, 0) is 50.1 Å². The second-order valence-corrected chi connectivity index (χ2v) is 5.67. The number of nitrogens with two attached hydrogens (primary N) is 1. The van der Waals surface area contributed by atoms with Gasteiger partial charge in [0.25, 0.3) is 0 Å². The Hall–Kier alpha value is -1.87. The molecule has 0 radical (unpaired) electrons. The first-order valence-corrected chi connectivity index (χ1v) is 7.02. The van der Waals surface area contributed by atoms with Crippen LogP contribution in [0.3, 0.4) is 0 Å². The maximum absolute atomic E-state index is 5.85. The number of thiocarbonyl (C=S) groups is 1. The summed E-state index contributed by atoms with van der Waals surface area (Å²) >= 11 is 5.17. The Balaban J connectivity index is 2.55. The Kier molecular flexibility index (Phi) is 4.09. The molecule has 0 bridgehead atoms. The lowest BCUT2D eigenvalue weighted by molar-refractivity contribution is 1.17. The van der Waals surface area contributed by atoms with Crippen LogP contribution in [-0.2, 0) is 0 Å². The zero-order valence-electron chi connectivity index (χ0n) is 12.4. The maximum atomic E-state index is 5.85. The van der Waals surface area contributed by atoms with Gasteiger partial charge in [0.2, 0.25) is 0 Å². The van der Waals surface area contributed by atoms with Gasteiger partial charge in [0.05, 0.1) is 5.69 Å². The average molecular weight is 284 g/mol. The van der Waals surface area contributed by atoms with E-state index in [-0.39, 0.29) is 0 Å². The second kappa shape index (κ2) is 5.63. The van der Waals surface area contributed by atoms with Gasteiger partial charge in [-0.2, -0.15) is 0 Å². The van der Waals surface area contributed by atoms with E-state index in [0.29, 0.717) is 4.99 Å². The van der Waals surface area contributed by atoms with E-state index in [4.69, 9.17) is 18.0 Å². The smallest absolute Gasteiger partial charge is 0.106 e. The molecule has 2 aromatic carbocycles. The van der Waals surface area contributed by atoms with E-state index in [0.717, 1.165) is 11.3 Å². The molecule has 0 aromatic heterocycles. The molecule has 0 fully saturated rings. The van der Waals surface area contributed by atoms with Crippen molar-refractivity contribution in [1.82, 2.24) is 0 Å². The van der Waals surface area contributed by atoms with Gasteiger partial charge in [-0.1, -0.05) is 36.0 Å². The molecule has 0 aliphatic rings. The molecule has 0 amide bonds. The summed E-state index contributed by atoms with van der Waals surface area (Å²) in [6.07, 6.45) is 0. The molecule has 3 heteroatoms. The Morgan fingerprint density at radius 1 is 0.950 bits per heavy atom. The van der Waals surface area contributed by atoms with Gasteiger partial charge < -0.3 is 10.6 Å². The number of anilines is 2. The summed E-state index contributed by atoms with van der Waals surface area (Å²) in [5.41, 5.74) is 12.7. The fraction of sp³-hybridized carbons (Fsp3) is 0.235. The van der Waals surface area contributed by atoms with E-state index in [2.05, 4.69) is 49.9 Å². The number of hydrogen-bond donors (Lipinski definition) is 1. The first kappa shape index (κ1) is 14.5. The molecule has 2 aromatic rings. The first-order chi connectivity index (χ1) is 9.40. The minimum absolute atomic E-state index is 0.427. The normalized spacial score (nSPS) is 10.4. The molecule has 0 saturated carbocycles. The molecule has 0 heterocycles. The van der Waals surface area contributed by atoms with Crippen LogP contribution >= 0.6 is 12.2 Å². The maximum Gasteiger partial charge on any atom is 0.106 e. The van der Waals surface area contributed by atoms with E-state index >= 15 is 0 Å². The van der Waals surface area contributed by atoms with Gasteiger partial charge >= 0.3 is 0 Å².